The van der Waals surface area contributed by atoms with Crippen molar-refractivity contribution in [3.05, 3.63) is 24.5 Å². The molecule has 1 aliphatic carbocycles. The van der Waals surface area contributed by atoms with E-state index in [0.29, 0.717) is 13.1 Å². The van der Waals surface area contributed by atoms with Crippen LogP contribution in [0, 0.1) is 23.2 Å². The number of hydrogen-bond donors (Lipinski definition) is 1. The smallest absolute Gasteiger partial charge is 0.313 e. The number of thioether (sulfide) groups is 1. The summed E-state index contributed by atoms with van der Waals surface area (Å²) in [6, 6.07) is 5.91. The van der Waals surface area contributed by atoms with Crippen LogP contribution < -0.4 is 5.32 Å². The third-order valence-electron chi connectivity index (χ3n) is 4.91. The van der Waals surface area contributed by atoms with Gasteiger partial charge in [0.15, 0.2) is 0 Å². The Morgan fingerprint density at radius 1 is 1.54 bits per heavy atom. The molecule has 1 aliphatic heterocycles. The summed E-state index contributed by atoms with van der Waals surface area (Å²) >= 11 is 1.41. The Hall–Kier alpha value is -2.27. The van der Waals surface area contributed by atoms with Gasteiger partial charge < -0.3 is 15.0 Å². The molecule has 138 valence electrons. The third kappa shape index (κ3) is 2.71. The molecule has 7 nitrogen and oxygen atoms in total. The van der Waals surface area contributed by atoms with Gasteiger partial charge in [-0.25, -0.2) is 0 Å². The Morgan fingerprint density at radius 3 is 2.88 bits per heavy atom. The van der Waals surface area contributed by atoms with E-state index in [-0.39, 0.29) is 12.5 Å². The van der Waals surface area contributed by atoms with Crippen molar-refractivity contribution in [3.63, 3.8) is 0 Å². The Kier molecular flexibility index (Phi) is 4.84. The molecule has 1 aromatic rings. The Bertz CT molecular complexity index is 753. The molecule has 0 aromatic carbocycles. The highest BCUT2D eigenvalue weighted by atomic mass is 32.2. The van der Waals surface area contributed by atoms with Crippen molar-refractivity contribution >= 4 is 29.3 Å². The van der Waals surface area contributed by atoms with Crippen molar-refractivity contribution in [2.24, 2.45) is 11.8 Å². The summed E-state index contributed by atoms with van der Waals surface area (Å²) in [6.45, 7) is 6.55. The van der Waals surface area contributed by atoms with Gasteiger partial charge in [0.05, 0.1) is 24.3 Å². The highest BCUT2D eigenvalue weighted by Gasteiger charge is 2.80. The molecule has 2 heterocycles. The summed E-state index contributed by atoms with van der Waals surface area (Å²) in [6.07, 6.45) is 3.37. The number of nitrogens with one attached hydrogen (secondary N) is 1. The number of carbonyl (C=O) groups is 2. The van der Waals surface area contributed by atoms with Crippen LogP contribution in [0.15, 0.2) is 24.5 Å². The van der Waals surface area contributed by atoms with E-state index in [0.717, 1.165) is 5.69 Å². The normalized spacial score (nSPS) is 32.4. The first-order valence-electron chi connectivity index (χ1n) is 8.67. The molecular formula is C18H22N4O3S. The second kappa shape index (κ2) is 6.80. The van der Waals surface area contributed by atoms with Gasteiger partial charge in [0, 0.05) is 25.5 Å². The third-order valence-corrected chi connectivity index (χ3v) is 6.74. The average Bonchev–Trinajstić information content (AvgIpc) is 3.21. The molecule has 2 fully saturated rings. The van der Waals surface area contributed by atoms with Crippen LogP contribution in [0.4, 0.5) is 5.69 Å². The fourth-order valence-corrected chi connectivity index (χ4v) is 5.66. The molecule has 2 aliphatic rings. The maximum atomic E-state index is 13.1. The molecule has 8 heteroatoms. The number of nitrogens with zero attached hydrogens (tertiary/aromatic N) is 3. The van der Waals surface area contributed by atoms with Crippen LogP contribution in [0.3, 0.4) is 0 Å². The molecule has 4 unspecified atom stereocenters. The van der Waals surface area contributed by atoms with Crippen LogP contribution >= 0.6 is 11.8 Å². The number of ether oxygens (including phenoxy) is 1. The average molecular weight is 374 g/mol. The fraction of sp³-hybridized carbons (Fsp3) is 0.556. The zero-order valence-electron chi connectivity index (χ0n) is 15.1. The van der Waals surface area contributed by atoms with Crippen molar-refractivity contribution < 1.29 is 14.3 Å². The Morgan fingerprint density at radius 2 is 2.31 bits per heavy atom. The Labute approximate surface area is 157 Å². The molecular weight excluding hydrogens is 352 g/mol. The topological polar surface area (TPSA) is 95.3 Å². The van der Waals surface area contributed by atoms with E-state index in [9.17, 15) is 14.9 Å². The number of rotatable bonds is 6. The molecule has 0 radical (unpaired) electrons. The minimum absolute atomic E-state index is 0.0616. The molecule has 3 rings (SSSR count). The Balaban J connectivity index is 1.84. The van der Waals surface area contributed by atoms with Gasteiger partial charge in [-0.2, -0.15) is 5.26 Å². The van der Waals surface area contributed by atoms with Gasteiger partial charge in [0.1, 0.15) is 15.5 Å². The highest BCUT2D eigenvalue weighted by Crippen LogP contribution is 2.69. The lowest BCUT2D eigenvalue weighted by atomic mass is 10.1. The van der Waals surface area contributed by atoms with Crippen LogP contribution in [0.25, 0.3) is 0 Å². The molecule has 26 heavy (non-hydrogen) atoms. The molecule has 1 N–H and O–H groups in total. The van der Waals surface area contributed by atoms with E-state index in [1.165, 1.54) is 11.8 Å². The van der Waals surface area contributed by atoms with Gasteiger partial charge in [-0.15, -0.1) is 11.8 Å². The number of esters is 1. The second-order valence-electron chi connectivity index (χ2n) is 6.57. The zero-order valence-corrected chi connectivity index (χ0v) is 15.9. The summed E-state index contributed by atoms with van der Waals surface area (Å²) in [5.74, 6) is -1.60. The van der Waals surface area contributed by atoms with Crippen molar-refractivity contribution in [1.29, 1.82) is 5.26 Å². The van der Waals surface area contributed by atoms with E-state index < -0.39 is 27.4 Å². The van der Waals surface area contributed by atoms with E-state index in [4.69, 9.17) is 4.74 Å². The lowest BCUT2D eigenvalue weighted by Crippen LogP contribution is -2.43. The van der Waals surface area contributed by atoms with Crippen LogP contribution in [0.5, 0.6) is 0 Å². The van der Waals surface area contributed by atoms with E-state index in [1.807, 2.05) is 26.0 Å². The first-order chi connectivity index (χ1) is 12.4. The molecule has 1 amide bonds. The monoisotopic (exact) mass is 374 g/mol. The summed E-state index contributed by atoms with van der Waals surface area (Å²) in [5, 5.41) is 12.8. The summed E-state index contributed by atoms with van der Waals surface area (Å²) < 4.78 is 4.37. The van der Waals surface area contributed by atoms with Crippen molar-refractivity contribution in [2.45, 2.75) is 30.4 Å². The van der Waals surface area contributed by atoms with Gasteiger partial charge in [-0.05, 0) is 32.9 Å². The standard InChI is InChI=1S/C18H22N4O3S/c1-4-22-16(24)17(3,11-21-12-7-6-8-20-10-12)26-18(22)13(9-19)14(18)15(23)25-5-2/h6-8,10,13-14,21H,4-5,11H2,1-3H3. The molecule has 0 bridgehead atoms. The number of pyridine rings is 1. The van der Waals surface area contributed by atoms with E-state index in [1.54, 1.807) is 24.2 Å². The van der Waals surface area contributed by atoms with Crippen molar-refractivity contribution in [1.82, 2.24) is 9.88 Å². The number of hydrogen-bond acceptors (Lipinski definition) is 7. The van der Waals surface area contributed by atoms with E-state index >= 15 is 0 Å². The van der Waals surface area contributed by atoms with Crippen molar-refractivity contribution in [3.8, 4) is 6.07 Å². The maximum absolute atomic E-state index is 13.1. The number of nitriles is 1. The summed E-state index contributed by atoms with van der Waals surface area (Å²) in [5.41, 5.74) is 0.820. The first-order valence-corrected chi connectivity index (χ1v) is 9.48. The number of aromatic nitrogens is 1. The SMILES string of the molecule is CCOC(=O)C1C(C#N)C12SC(C)(CNc1cccnc1)C(=O)N2CC. The predicted molar refractivity (Wildman–Crippen MR) is 98.1 cm³/mol. The largest absolute Gasteiger partial charge is 0.466 e. The van der Waals surface area contributed by atoms with Gasteiger partial charge >= 0.3 is 5.97 Å². The van der Waals surface area contributed by atoms with Crippen molar-refractivity contribution in [2.75, 3.05) is 25.0 Å². The lowest BCUT2D eigenvalue weighted by molar-refractivity contribution is -0.145. The number of anilines is 1. The molecule has 1 saturated carbocycles. The molecule has 1 saturated heterocycles. The highest BCUT2D eigenvalue weighted by molar-refractivity contribution is 8.03. The summed E-state index contributed by atoms with van der Waals surface area (Å²) in [7, 11) is 0. The number of carbonyl (C=O) groups excluding carboxylic acids is 2. The molecule has 1 aromatic heterocycles. The quantitative estimate of drug-likeness (QED) is 0.760. The zero-order chi connectivity index (χ0) is 18.9. The predicted octanol–water partition coefficient (Wildman–Crippen LogP) is 1.88. The summed E-state index contributed by atoms with van der Waals surface area (Å²) in [4.78, 5) is 30.4. The first kappa shape index (κ1) is 18.5. The minimum atomic E-state index is -0.821. The van der Waals surface area contributed by atoms with Crippen LogP contribution in [-0.2, 0) is 14.3 Å². The molecule has 1 spiro atoms. The minimum Gasteiger partial charge on any atom is -0.466 e. The maximum Gasteiger partial charge on any atom is 0.313 e. The van der Waals surface area contributed by atoms with Gasteiger partial charge in [0.25, 0.3) is 0 Å². The van der Waals surface area contributed by atoms with Gasteiger partial charge in [0.2, 0.25) is 5.91 Å². The van der Waals surface area contributed by atoms with Crippen LogP contribution in [-0.4, -0.2) is 51.1 Å². The lowest BCUT2D eigenvalue weighted by Gasteiger charge is -2.23. The number of amides is 1. The fourth-order valence-electron chi connectivity index (χ4n) is 3.66. The second-order valence-corrected chi connectivity index (χ2v) is 8.33. The van der Waals surface area contributed by atoms with Gasteiger partial charge in [-0.3, -0.25) is 14.6 Å². The van der Waals surface area contributed by atoms with Crippen LogP contribution in [0.1, 0.15) is 20.8 Å². The van der Waals surface area contributed by atoms with Crippen LogP contribution in [0.2, 0.25) is 0 Å². The van der Waals surface area contributed by atoms with Gasteiger partial charge in [-0.1, -0.05) is 0 Å². The molecule has 4 atom stereocenters. The van der Waals surface area contributed by atoms with E-state index in [2.05, 4.69) is 16.4 Å².